The zero-order valence-corrected chi connectivity index (χ0v) is 9.61. The molecule has 0 amide bonds. The number of aliphatic hydroxyl groups is 1. The van der Waals surface area contributed by atoms with Crippen LogP contribution in [-0.4, -0.2) is 10.1 Å². The normalized spacial score (nSPS) is 29.7. The van der Waals surface area contributed by atoms with Crippen LogP contribution in [0.1, 0.15) is 43.9 Å². The molecule has 0 spiro atoms. The Hall–Kier alpha value is -1.33. The standard InChI is InChI=1S/C14H17NO/c1-3-13-5-4-12(10-15-13)14(16)8-6-11(2)7-9-14/h1,4-5,10-11,16H,6-9H2,2H3. The highest BCUT2D eigenvalue weighted by atomic mass is 16.3. The van der Waals surface area contributed by atoms with Gasteiger partial charge in [0.2, 0.25) is 0 Å². The maximum absolute atomic E-state index is 10.5. The molecule has 1 fully saturated rings. The summed E-state index contributed by atoms with van der Waals surface area (Å²) in [6.07, 6.45) is 10.8. The first-order valence-electron chi connectivity index (χ1n) is 5.79. The summed E-state index contributed by atoms with van der Waals surface area (Å²) in [4.78, 5) is 4.14. The first-order valence-corrected chi connectivity index (χ1v) is 5.79. The Kier molecular flexibility index (Phi) is 2.98. The summed E-state index contributed by atoms with van der Waals surface area (Å²) in [5.74, 6) is 3.20. The van der Waals surface area contributed by atoms with Crippen LogP contribution in [0.5, 0.6) is 0 Å². The van der Waals surface area contributed by atoms with E-state index < -0.39 is 5.60 Å². The van der Waals surface area contributed by atoms with Crippen LogP contribution in [0.25, 0.3) is 0 Å². The predicted molar refractivity (Wildman–Crippen MR) is 63.7 cm³/mol. The molecule has 16 heavy (non-hydrogen) atoms. The maximum atomic E-state index is 10.5. The van der Waals surface area contributed by atoms with Crippen molar-refractivity contribution in [2.45, 2.75) is 38.2 Å². The number of aromatic nitrogens is 1. The second kappa shape index (κ2) is 4.27. The summed E-state index contributed by atoms with van der Waals surface area (Å²) in [7, 11) is 0. The lowest BCUT2D eigenvalue weighted by molar-refractivity contribution is -0.0123. The van der Waals surface area contributed by atoms with E-state index in [9.17, 15) is 5.11 Å². The minimum absolute atomic E-state index is 0.622. The lowest BCUT2D eigenvalue weighted by atomic mass is 9.76. The monoisotopic (exact) mass is 215 g/mol. The Balaban J connectivity index is 2.20. The Morgan fingerprint density at radius 1 is 1.44 bits per heavy atom. The summed E-state index contributed by atoms with van der Waals surface area (Å²) in [6, 6.07) is 3.70. The van der Waals surface area contributed by atoms with Gasteiger partial charge in [0, 0.05) is 11.8 Å². The summed E-state index contributed by atoms with van der Waals surface area (Å²) in [5, 5.41) is 10.5. The van der Waals surface area contributed by atoms with E-state index >= 15 is 0 Å². The van der Waals surface area contributed by atoms with Crippen molar-refractivity contribution in [3.63, 3.8) is 0 Å². The Morgan fingerprint density at radius 2 is 2.12 bits per heavy atom. The molecule has 1 aliphatic carbocycles. The first-order chi connectivity index (χ1) is 7.64. The van der Waals surface area contributed by atoms with Gasteiger partial charge in [-0.25, -0.2) is 4.98 Å². The number of nitrogens with zero attached hydrogens (tertiary/aromatic N) is 1. The molecule has 0 saturated heterocycles. The third kappa shape index (κ3) is 2.10. The molecule has 0 bridgehead atoms. The van der Waals surface area contributed by atoms with Gasteiger partial charge in [0.1, 0.15) is 5.69 Å². The van der Waals surface area contributed by atoms with E-state index in [1.807, 2.05) is 6.07 Å². The van der Waals surface area contributed by atoms with Crippen molar-refractivity contribution in [2.24, 2.45) is 5.92 Å². The van der Waals surface area contributed by atoms with E-state index in [0.717, 1.165) is 37.2 Å². The average molecular weight is 215 g/mol. The highest BCUT2D eigenvalue weighted by Crippen LogP contribution is 2.38. The predicted octanol–water partition coefficient (Wildman–Crippen LogP) is 2.46. The van der Waals surface area contributed by atoms with Crippen LogP contribution >= 0.6 is 0 Å². The highest BCUT2D eigenvalue weighted by Gasteiger charge is 2.33. The summed E-state index contributed by atoms with van der Waals surface area (Å²) >= 11 is 0. The van der Waals surface area contributed by atoms with Gasteiger partial charge >= 0.3 is 0 Å². The Labute approximate surface area is 96.7 Å². The van der Waals surface area contributed by atoms with Crippen LogP contribution in [0.15, 0.2) is 18.3 Å². The molecule has 2 rings (SSSR count). The van der Waals surface area contributed by atoms with Gasteiger partial charge in [0.15, 0.2) is 0 Å². The molecule has 84 valence electrons. The molecule has 0 radical (unpaired) electrons. The molecule has 1 aliphatic rings. The van der Waals surface area contributed by atoms with Gasteiger partial charge in [-0.2, -0.15) is 0 Å². The van der Waals surface area contributed by atoms with Crippen molar-refractivity contribution < 1.29 is 5.11 Å². The van der Waals surface area contributed by atoms with Gasteiger partial charge in [0.25, 0.3) is 0 Å². The van der Waals surface area contributed by atoms with Crippen molar-refractivity contribution in [1.82, 2.24) is 4.98 Å². The quantitative estimate of drug-likeness (QED) is 0.730. The molecule has 0 aromatic carbocycles. The van der Waals surface area contributed by atoms with Crippen LogP contribution in [0.3, 0.4) is 0 Å². The number of hydrogen-bond acceptors (Lipinski definition) is 2. The minimum Gasteiger partial charge on any atom is -0.385 e. The van der Waals surface area contributed by atoms with Gasteiger partial charge < -0.3 is 5.11 Å². The molecule has 1 aromatic heterocycles. The molecule has 1 heterocycles. The Bertz CT molecular complexity index is 394. The van der Waals surface area contributed by atoms with Crippen LogP contribution < -0.4 is 0 Å². The smallest absolute Gasteiger partial charge is 0.112 e. The van der Waals surface area contributed by atoms with Crippen molar-refractivity contribution in [3.05, 3.63) is 29.6 Å². The Morgan fingerprint density at radius 3 is 2.62 bits per heavy atom. The molecule has 0 atom stereocenters. The van der Waals surface area contributed by atoms with Crippen LogP contribution in [0.2, 0.25) is 0 Å². The zero-order chi connectivity index (χ0) is 11.6. The number of rotatable bonds is 1. The maximum Gasteiger partial charge on any atom is 0.112 e. The van der Waals surface area contributed by atoms with E-state index in [1.54, 1.807) is 12.3 Å². The molecule has 2 heteroatoms. The van der Waals surface area contributed by atoms with Crippen molar-refractivity contribution >= 4 is 0 Å². The zero-order valence-electron chi connectivity index (χ0n) is 9.61. The van der Waals surface area contributed by atoms with Crippen LogP contribution in [0, 0.1) is 18.3 Å². The highest BCUT2D eigenvalue weighted by molar-refractivity contribution is 5.29. The number of terminal acetylenes is 1. The fraction of sp³-hybridized carbons (Fsp3) is 0.500. The number of hydrogen-bond donors (Lipinski definition) is 1. The molecular formula is C14H17NO. The largest absolute Gasteiger partial charge is 0.385 e. The molecule has 1 N–H and O–H groups in total. The second-order valence-electron chi connectivity index (χ2n) is 4.79. The van der Waals surface area contributed by atoms with Crippen molar-refractivity contribution in [2.75, 3.05) is 0 Å². The second-order valence-corrected chi connectivity index (χ2v) is 4.79. The minimum atomic E-state index is -0.688. The summed E-state index contributed by atoms with van der Waals surface area (Å²) in [5.41, 5.74) is 0.835. The third-order valence-corrected chi connectivity index (χ3v) is 3.55. The lowest BCUT2D eigenvalue weighted by Gasteiger charge is -2.35. The van der Waals surface area contributed by atoms with Gasteiger partial charge in [0.05, 0.1) is 5.60 Å². The van der Waals surface area contributed by atoms with E-state index in [-0.39, 0.29) is 0 Å². The van der Waals surface area contributed by atoms with Gasteiger partial charge in [-0.15, -0.1) is 6.42 Å². The van der Waals surface area contributed by atoms with E-state index in [2.05, 4.69) is 17.8 Å². The molecule has 1 aromatic rings. The van der Waals surface area contributed by atoms with E-state index in [4.69, 9.17) is 6.42 Å². The molecule has 0 unspecified atom stereocenters. The first kappa shape index (κ1) is 11.2. The molecule has 1 saturated carbocycles. The van der Waals surface area contributed by atoms with Gasteiger partial charge in [-0.3, -0.25) is 0 Å². The average Bonchev–Trinajstić information content (AvgIpc) is 2.33. The van der Waals surface area contributed by atoms with Gasteiger partial charge in [-0.05, 0) is 37.7 Å². The third-order valence-electron chi connectivity index (χ3n) is 3.55. The van der Waals surface area contributed by atoms with Crippen LogP contribution in [-0.2, 0) is 5.60 Å². The van der Waals surface area contributed by atoms with Crippen molar-refractivity contribution in [1.29, 1.82) is 0 Å². The van der Waals surface area contributed by atoms with Gasteiger partial charge in [-0.1, -0.05) is 18.9 Å². The molecular weight excluding hydrogens is 198 g/mol. The van der Waals surface area contributed by atoms with Crippen molar-refractivity contribution in [3.8, 4) is 12.3 Å². The topological polar surface area (TPSA) is 33.1 Å². The van der Waals surface area contributed by atoms with E-state index in [0.29, 0.717) is 5.69 Å². The fourth-order valence-electron chi connectivity index (χ4n) is 2.28. The van der Waals surface area contributed by atoms with E-state index in [1.165, 1.54) is 0 Å². The lowest BCUT2D eigenvalue weighted by Crippen LogP contribution is -2.30. The number of pyridine rings is 1. The fourth-order valence-corrected chi connectivity index (χ4v) is 2.28. The summed E-state index contributed by atoms with van der Waals surface area (Å²) < 4.78 is 0. The SMILES string of the molecule is C#Cc1ccc(C2(O)CCC(C)CC2)cn1. The van der Waals surface area contributed by atoms with Crippen LogP contribution in [0.4, 0.5) is 0 Å². The molecule has 0 aliphatic heterocycles. The molecule has 2 nitrogen and oxygen atoms in total. The summed E-state index contributed by atoms with van der Waals surface area (Å²) in [6.45, 7) is 2.24.